The van der Waals surface area contributed by atoms with Crippen molar-refractivity contribution in [2.75, 3.05) is 52.4 Å². The molecule has 3 aromatic rings. The van der Waals surface area contributed by atoms with Gasteiger partial charge in [-0.15, -0.1) is 0 Å². The first-order valence-electron chi connectivity index (χ1n) is 15.6. The van der Waals surface area contributed by atoms with Crippen molar-refractivity contribution in [1.29, 1.82) is 0 Å². The van der Waals surface area contributed by atoms with Crippen molar-refractivity contribution in [3.05, 3.63) is 120 Å². The molecule has 0 bridgehead atoms. The fourth-order valence-electron chi connectivity index (χ4n) is 4.35. The SMILES string of the molecule is C=Cc1ccc(C=NCCNCCN=Cc2ccc(C=NCCNCC(N)CCCCNC(=C)c3ccccc3)cc2)cc1. The zero-order valence-corrected chi connectivity index (χ0v) is 26.0. The largest absolute Gasteiger partial charge is 0.385 e. The number of hydrogen-bond donors (Lipinski definition) is 4. The van der Waals surface area contributed by atoms with Gasteiger partial charge in [0.2, 0.25) is 0 Å². The van der Waals surface area contributed by atoms with E-state index >= 15 is 0 Å². The second-order valence-corrected chi connectivity index (χ2v) is 10.6. The summed E-state index contributed by atoms with van der Waals surface area (Å²) in [7, 11) is 0. The Morgan fingerprint density at radius 3 is 1.68 bits per heavy atom. The van der Waals surface area contributed by atoms with Crippen LogP contribution < -0.4 is 21.7 Å². The number of rotatable bonds is 22. The van der Waals surface area contributed by atoms with Crippen LogP contribution in [-0.4, -0.2) is 77.0 Å². The zero-order chi connectivity index (χ0) is 31.1. The molecular weight excluding hydrogens is 542 g/mol. The Kier molecular flexibility index (Phi) is 16.8. The third kappa shape index (κ3) is 14.8. The first-order chi connectivity index (χ1) is 21.6. The predicted molar refractivity (Wildman–Crippen MR) is 191 cm³/mol. The van der Waals surface area contributed by atoms with E-state index in [1.807, 2.05) is 67.2 Å². The fourth-order valence-corrected chi connectivity index (χ4v) is 4.35. The minimum atomic E-state index is 0.159. The molecule has 0 radical (unpaired) electrons. The molecule has 0 saturated heterocycles. The van der Waals surface area contributed by atoms with E-state index in [4.69, 9.17) is 5.73 Å². The monoisotopic (exact) mass is 591 g/mol. The van der Waals surface area contributed by atoms with Crippen LogP contribution in [0.2, 0.25) is 0 Å². The van der Waals surface area contributed by atoms with Crippen LogP contribution in [0, 0.1) is 0 Å². The highest BCUT2D eigenvalue weighted by Gasteiger charge is 2.02. The van der Waals surface area contributed by atoms with Gasteiger partial charge < -0.3 is 21.7 Å². The summed E-state index contributed by atoms with van der Waals surface area (Å²) in [6, 6.07) is 26.8. The zero-order valence-electron chi connectivity index (χ0n) is 26.0. The van der Waals surface area contributed by atoms with Gasteiger partial charge in [0.05, 0.1) is 19.6 Å². The minimum Gasteiger partial charge on any atom is -0.385 e. The summed E-state index contributed by atoms with van der Waals surface area (Å²) in [5, 5.41) is 10.2. The maximum absolute atomic E-state index is 6.27. The number of nitrogens with one attached hydrogen (secondary N) is 3. The number of nitrogens with two attached hydrogens (primary N) is 1. The highest BCUT2D eigenvalue weighted by molar-refractivity contribution is 5.84. The molecule has 0 aliphatic carbocycles. The molecule has 5 N–H and O–H groups in total. The molecule has 0 amide bonds. The summed E-state index contributed by atoms with van der Waals surface area (Å²) >= 11 is 0. The molecule has 0 aliphatic heterocycles. The number of aliphatic imine (C=N–C) groups is 3. The second kappa shape index (κ2) is 21.5. The van der Waals surface area contributed by atoms with E-state index in [9.17, 15) is 0 Å². The summed E-state index contributed by atoms with van der Waals surface area (Å²) in [5.74, 6) is 0. The summed E-state index contributed by atoms with van der Waals surface area (Å²) < 4.78 is 0. The molecule has 1 unspecified atom stereocenters. The van der Waals surface area contributed by atoms with Crippen LogP contribution in [0.1, 0.15) is 47.1 Å². The van der Waals surface area contributed by atoms with Crippen LogP contribution in [0.15, 0.2) is 107 Å². The van der Waals surface area contributed by atoms with Gasteiger partial charge in [-0.3, -0.25) is 15.0 Å². The quantitative estimate of drug-likeness (QED) is 0.0951. The van der Waals surface area contributed by atoms with Crippen molar-refractivity contribution < 1.29 is 0 Å². The first-order valence-corrected chi connectivity index (χ1v) is 15.6. The fraction of sp³-hybridized carbons (Fsp3) is 0.324. The molecule has 1 atom stereocenters. The van der Waals surface area contributed by atoms with Crippen molar-refractivity contribution >= 4 is 30.4 Å². The molecule has 0 fully saturated rings. The van der Waals surface area contributed by atoms with Crippen LogP contribution in [0.25, 0.3) is 11.8 Å². The van der Waals surface area contributed by atoms with Gasteiger partial charge >= 0.3 is 0 Å². The van der Waals surface area contributed by atoms with Gasteiger partial charge in [-0.1, -0.05) is 105 Å². The van der Waals surface area contributed by atoms with Gasteiger partial charge in [0, 0.05) is 63.1 Å². The number of nitrogens with zero attached hydrogens (tertiary/aromatic N) is 3. The molecule has 232 valence electrons. The van der Waals surface area contributed by atoms with Gasteiger partial charge in [0.15, 0.2) is 0 Å². The van der Waals surface area contributed by atoms with Crippen molar-refractivity contribution in [2.24, 2.45) is 20.7 Å². The van der Waals surface area contributed by atoms with E-state index in [1.54, 1.807) is 0 Å². The Bertz CT molecular complexity index is 1300. The minimum absolute atomic E-state index is 0.159. The molecule has 7 heteroatoms. The average Bonchev–Trinajstić information content (AvgIpc) is 3.06. The Morgan fingerprint density at radius 2 is 1.16 bits per heavy atom. The Morgan fingerprint density at radius 1 is 0.659 bits per heavy atom. The van der Waals surface area contributed by atoms with Crippen molar-refractivity contribution in [3.8, 4) is 0 Å². The lowest BCUT2D eigenvalue weighted by Gasteiger charge is -2.13. The molecule has 0 spiro atoms. The van der Waals surface area contributed by atoms with Gasteiger partial charge in [0.1, 0.15) is 0 Å². The lowest BCUT2D eigenvalue weighted by molar-refractivity contribution is 0.519. The van der Waals surface area contributed by atoms with Gasteiger partial charge in [-0.25, -0.2) is 0 Å². The van der Waals surface area contributed by atoms with Gasteiger partial charge in [0.25, 0.3) is 0 Å². The molecule has 0 aliphatic rings. The van der Waals surface area contributed by atoms with Crippen LogP contribution in [0.4, 0.5) is 0 Å². The van der Waals surface area contributed by atoms with Crippen LogP contribution in [-0.2, 0) is 0 Å². The topological polar surface area (TPSA) is 99.2 Å². The molecule has 44 heavy (non-hydrogen) atoms. The predicted octanol–water partition coefficient (Wildman–Crippen LogP) is 5.22. The lowest BCUT2D eigenvalue weighted by Crippen LogP contribution is -2.35. The molecule has 0 saturated carbocycles. The van der Waals surface area contributed by atoms with E-state index in [0.717, 1.165) is 105 Å². The molecule has 0 aromatic heterocycles. The molecule has 7 nitrogen and oxygen atoms in total. The standard InChI is InChI=1S/C37H49N7/c1-3-32-12-14-33(15-13-32)27-40-23-21-39-22-24-41-28-34-16-18-35(19-17-34)29-42-25-26-43-30-37(38)11-7-8-20-44-31(2)36-9-5-4-6-10-36/h3-6,9-10,12-19,27-29,37,39,43-44H,1-2,7-8,11,20-26,30,38H2. The van der Waals surface area contributed by atoms with E-state index < -0.39 is 0 Å². The van der Waals surface area contributed by atoms with Crippen LogP contribution in [0.5, 0.6) is 0 Å². The maximum Gasteiger partial charge on any atom is 0.0514 e. The van der Waals surface area contributed by atoms with E-state index in [1.165, 1.54) is 0 Å². The third-order valence-corrected chi connectivity index (χ3v) is 6.95. The maximum atomic E-state index is 6.27. The molecule has 3 rings (SSSR count). The van der Waals surface area contributed by atoms with Gasteiger partial charge in [-0.2, -0.15) is 0 Å². The van der Waals surface area contributed by atoms with E-state index in [2.05, 4.69) is 80.5 Å². The lowest BCUT2D eigenvalue weighted by atomic mass is 10.1. The summed E-state index contributed by atoms with van der Waals surface area (Å²) in [6.07, 6.45) is 10.8. The third-order valence-electron chi connectivity index (χ3n) is 6.95. The van der Waals surface area contributed by atoms with Crippen molar-refractivity contribution in [2.45, 2.75) is 25.3 Å². The number of hydrogen-bond acceptors (Lipinski definition) is 7. The normalized spacial score (nSPS) is 12.3. The number of unbranched alkanes of at least 4 members (excludes halogenated alkanes) is 1. The van der Waals surface area contributed by atoms with Crippen LogP contribution >= 0.6 is 0 Å². The summed E-state index contributed by atoms with van der Waals surface area (Å²) in [4.78, 5) is 13.5. The van der Waals surface area contributed by atoms with Crippen molar-refractivity contribution in [1.82, 2.24) is 16.0 Å². The molecular formula is C37H49N7. The van der Waals surface area contributed by atoms with E-state index in [0.29, 0.717) is 0 Å². The summed E-state index contributed by atoms with van der Waals surface area (Å²) in [5.41, 5.74) is 12.8. The average molecular weight is 592 g/mol. The first kappa shape index (κ1) is 34.3. The highest BCUT2D eigenvalue weighted by atomic mass is 14.9. The second-order valence-electron chi connectivity index (χ2n) is 10.6. The Hall–Kier alpha value is -4.17. The molecule has 3 aromatic carbocycles. The smallest absolute Gasteiger partial charge is 0.0514 e. The molecule has 0 heterocycles. The number of benzene rings is 3. The van der Waals surface area contributed by atoms with Crippen molar-refractivity contribution in [3.63, 3.8) is 0 Å². The van der Waals surface area contributed by atoms with Gasteiger partial charge in [-0.05, 0) is 40.7 Å². The van der Waals surface area contributed by atoms with Crippen LogP contribution in [0.3, 0.4) is 0 Å². The van der Waals surface area contributed by atoms with E-state index in [-0.39, 0.29) is 6.04 Å². The highest BCUT2D eigenvalue weighted by Crippen LogP contribution is 2.08. The Labute approximate surface area is 264 Å². The Balaban J connectivity index is 1.15. The summed E-state index contributed by atoms with van der Waals surface area (Å²) in [6.45, 7) is 14.3.